The average molecular weight is 890 g/mol. The molecule has 3 fully saturated rings. The standard InChI is InChI=1S/C47H51N7O9S/c1-26-43(42-41(50-26)40(48-24-49-42)38-35(60-23-27-10-11-27)14-15-36-44(38)62-25-61-36)63-47(57)51-33(22-30-7-6-20-64-30)46(56)53-18-16-29(17-19-53)54-45(55)32-9-5-4-8-31(32)39(52-54)28-12-13-34(58-2)37(21-28)59-3/h6-7,12-15,20-21,24,27,29,31-33,50H,4-5,8-11,16-19,22-23,25H2,1-3H3,(H,51,57)/t31-,32+,33-/m0/s1. The van der Waals surface area contributed by atoms with Crippen molar-refractivity contribution in [3.8, 4) is 45.8 Å². The first-order valence-electron chi connectivity index (χ1n) is 22.1. The van der Waals surface area contributed by atoms with E-state index >= 15 is 0 Å². The predicted octanol–water partition coefficient (Wildman–Crippen LogP) is 7.27. The molecule has 3 aliphatic heterocycles. The number of nitrogens with one attached hydrogen (secondary N) is 2. The molecular weight excluding hydrogens is 839 g/mol. The lowest BCUT2D eigenvalue weighted by Gasteiger charge is -2.43. The van der Waals surface area contributed by atoms with E-state index in [2.05, 4.69) is 20.3 Å². The normalized spacial score (nSPS) is 20.1. The van der Waals surface area contributed by atoms with E-state index < -0.39 is 12.1 Å². The molecule has 16 nitrogen and oxygen atoms in total. The molecule has 0 radical (unpaired) electrons. The number of rotatable bonds is 13. The van der Waals surface area contributed by atoms with E-state index in [1.807, 2.05) is 47.8 Å². The second-order valence-electron chi connectivity index (χ2n) is 17.1. The Labute approximate surface area is 374 Å². The van der Waals surface area contributed by atoms with Gasteiger partial charge < -0.3 is 43.6 Å². The van der Waals surface area contributed by atoms with Crippen molar-refractivity contribution in [2.45, 2.75) is 76.8 Å². The van der Waals surface area contributed by atoms with E-state index in [1.54, 1.807) is 31.1 Å². The van der Waals surface area contributed by atoms with E-state index in [-0.39, 0.29) is 48.7 Å². The highest BCUT2D eigenvalue weighted by atomic mass is 32.1. The number of hydrogen-bond acceptors (Lipinski definition) is 13. The Morgan fingerprint density at radius 2 is 1.75 bits per heavy atom. The van der Waals surface area contributed by atoms with Crippen molar-refractivity contribution in [2.24, 2.45) is 22.9 Å². The Morgan fingerprint density at radius 1 is 0.953 bits per heavy atom. The SMILES string of the molecule is COc1ccc(C2=NN(C3CCN(C(=O)[C@H](Cc4cccs4)NC(=O)Oc4c(C)[nH]c5c(-c6c(OCC7CC7)ccc7c6OCO7)ncnc45)CC3)C(=O)[C@@H]3CCCC[C@H]23)cc1OC. The number of aryl methyl sites for hydroxylation is 1. The average Bonchev–Trinajstić information content (AvgIpc) is 3.61. The van der Waals surface area contributed by atoms with Gasteiger partial charge in [-0.15, -0.1) is 11.3 Å². The first kappa shape index (κ1) is 41.6. The van der Waals surface area contributed by atoms with Crippen molar-refractivity contribution in [1.29, 1.82) is 0 Å². The molecule has 334 valence electrons. The summed E-state index contributed by atoms with van der Waals surface area (Å²) in [6.45, 7) is 3.23. The van der Waals surface area contributed by atoms with Gasteiger partial charge in [-0.1, -0.05) is 18.9 Å². The molecule has 6 heterocycles. The predicted molar refractivity (Wildman–Crippen MR) is 237 cm³/mol. The summed E-state index contributed by atoms with van der Waals surface area (Å²) < 4.78 is 35.0. The molecular formula is C47H51N7O9S. The molecule has 2 N–H and O–H groups in total. The first-order chi connectivity index (χ1) is 31.3. The number of aromatic nitrogens is 3. The molecule has 3 aromatic heterocycles. The van der Waals surface area contributed by atoms with Gasteiger partial charge in [0.05, 0.1) is 49.4 Å². The Bertz CT molecular complexity index is 2600. The maximum atomic E-state index is 14.4. The minimum absolute atomic E-state index is 0.0295. The quantitative estimate of drug-likeness (QED) is 0.121. The van der Waals surface area contributed by atoms with Gasteiger partial charge in [0.2, 0.25) is 18.6 Å². The number of thiophene rings is 1. The number of aromatic amines is 1. The number of benzene rings is 2. The number of ether oxygens (including phenoxy) is 6. The Kier molecular flexibility index (Phi) is 11.5. The van der Waals surface area contributed by atoms with Gasteiger partial charge >= 0.3 is 6.09 Å². The number of H-pyrrole nitrogens is 1. The molecule has 2 aromatic carbocycles. The zero-order valence-corrected chi connectivity index (χ0v) is 36.9. The molecule has 3 atom stereocenters. The number of hydrogen-bond donors (Lipinski definition) is 2. The third kappa shape index (κ3) is 8.05. The van der Waals surface area contributed by atoms with Crippen LogP contribution in [0.1, 0.15) is 67.5 Å². The smallest absolute Gasteiger partial charge is 0.413 e. The monoisotopic (exact) mass is 889 g/mol. The molecule has 0 unspecified atom stereocenters. The van der Waals surface area contributed by atoms with E-state index in [0.717, 1.165) is 54.7 Å². The number of fused-ring (bicyclic) bond motifs is 3. The molecule has 0 bridgehead atoms. The highest BCUT2D eigenvalue weighted by molar-refractivity contribution is 7.09. The molecule has 2 saturated carbocycles. The summed E-state index contributed by atoms with van der Waals surface area (Å²) in [6, 6.07) is 12.3. The topological polar surface area (TPSA) is 179 Å². The summed E-state index contributed by atoms with van der Waals surface area (Å²) >= 11 is 1.51. The second kappa shape index (κ2) is 17.7. The number of hydrazone groups is 1. The van der Waals surface area contributed by atoms with Crippen LogP contribution in [0.2, 0.25) is 0 Å². The summed E-state index contributed by atoms with van der Waals surface area (Å²) in [5.74, 6) is 3.39. The molecule has 5 aliphatic rings. The molecule has 1 saturated heterocycles. The fourth-order valence-electron chi connectivity index (χ4n) is 9.54. The number of carbonyl (C=O) groups excluding carboxylic acids is 3. The van der Waals surface area contributed by atoms with Gasteiger partial charge in [0.15, 0.2) is 28.7 Å². The van der Waals surface area contributed by atoms with Crippen LogP contribution in [0.5, 0.6) is 34.5 Å². The summed E-state index contributed by atoms with van der Waals surface area (Å²) in [4.78, 5) is 57.7. The van der Waals surface area contributed by atoms with Crippen LogP contribution in [-0.4, -0.2) is 101 Å². The largest absolute Gasteiger partial charge is 0.493 e. The van der Waals surface area contributed by atoms with Crippen molar-refractivity contribution in [2.75, 3.05) is 40.7 Å². The van der Waals surface area contributed by atoms with Crippen LogP contribution in [0.4, 0.5) is 4.79 Å². The first-order valence-corrected chi connectivity index (χ1v) is 23.0. The van der Waals surface area contributed by atoms with Crippen molar-refractivity contribution in [3.05, 3.63) is 70.3 Å². The van der Waals surface area contributed by atoms with E-state index in [0.29, 0.717) is 95.2 Å². The van der Waals surface area contributed by atoms with Crippen molar-refractivity contribution in [1.82, 2.24) is 30.2 Å². The third-order valence-corrected chi connectivity index (χ3v) is 14.0. The molecule has 64 heavy (non-hydrogen) atoms. The van der Waals surface area contributed by atoms with Gasteiger partial charge in [0.25, 0.3) is 0 Å². The van der Waals surface area contributed by atoms with Crippen LogP contribution in [-0.2, 0) is 16.0 Å². The van der Waals surface area contributed by atoms with Gasteiger partial charge in [-0.2, -0.15) is 5.10 Å². The van der Waals surface area contributed by atoms with E-state index in [9.17, 15) is 14.4 Å². The number of piperidine rings is 1. The van der Waals surface area contributed by atoms with Crippen molar-refractivity contribution >= 4 is 46.0 Å². The maximum absolute atomic E-state index is 14.4. The van der Waals surface area contributed by atoms with Gasteiger partial charge in [0.1, 0.15) is 29.3 Å². The molecule has 17 heteroatoms. The lowest BCUT2D eigenvalue weighted by atomic mass is 9.73. The van der Waals surface area contributed by atoms with E-state index in [1.165, 1.54) is 17.7 Å². The highest BCUT2D eigenvalue weighted by Crippen LogP contribution is 2.49. The molecule has 3 amide bonds. The molecule has 0 spiro atoms. The summed E-state index contributed by atoms with van der Waals surface area (Å²) in [5, 5.41) is 11.6. The van der Waals surface area contributed by atoms with Crippen LogP contribution >= 0.6 is 11.3 Å². The molecule has 10 rings (SSSR count). The number of amides is 3. The van der Waals surface area contributed by atoms with Crippen LogP contribution in [0, 0.1) is 24.7 Å². The van der Waals surface area contributed by atoms with Crippen molar-refractivity contribution < 1.29 is 42.8 Å². The van der Waals surface area contributed by atoms with E-state index in [4.69, 9.17) is 33.5 Å². The zero-order chi connectivity index (χ0) is 43.9. The van der Waals surface area contributed by atoms with Gasteiger partial charge in [-0.05, 0) is 93.1 Å². The van der Waals surface area contributed by atoms with Gasteiger partial charge in [0, 0.05) is 41.8 Å². The fourth-order valence-corrected chi connectivity index (χ4v) is 10.3. The zero-order valence-electron chi connectivity index (χ0n) is 36.1. The highest BCUT2D eigenvalue weighted by Gasteiger charge is 2.44. The summed E-state index contributed by atoms with van der Waals surface area (Å²) in [5.41, 5.74) is 4.40. The molecule has 5 aromatic rings. The van der Waals surface area contributed by atoms with Gasteiger partial charge in [-0.25, -0.2) is 19.8 Å². The number of carbonyl (C=O) groups is 3. The second-order valence-corrected chi connectivity index (χ2v) is 18.1. The maximum Gasteiger partial charge on any atom is 0.413 e. The van der Waals surface area contributed by atoms with Crippen LogP contribution in [0.3, 0.4) is 0 Å². The van der Waals surface area contributed by atoms with Crippen LogP contribution in [0.25, 0.3) is 22.3 Å². The number of nitrogens with zero attached hydrogens (tertiary/aromatic N) is 5. The fraction of sp³-hybridized carbons (Fsp3) is 0.447. The Morgan fingerprint density at radius 3 is 2.52 bits per heavy atom. The summed E-state index contributed by atoms with van der Waals surface area (Å²) in [7, 11) is 3.22. The number of likely N-dealkylation sites (tertiary alicyclic amines) is 1. The van der Waals surface area contributed by atoms with Crippen LogP contribution in [0.15, 0.2) is 59.3 Å². The Balaban J connectivity index is 0.861. The van der Waals surface area contributed by atoms with Crippen LogP contribution < -0.4 is 33.7 Å². The van der Waals surface area contributed by atoms with Gasteiger partial charge in [-0.3, -0.25) is 9.59 Å². The minimum Gasteiger partial charge on any atom is -0.493 e. The lowest BCUT2D eigenvalue weighted by Crippen LogP contribution is -2.56. The lowest BCUT2D eigenvalue weighted by molar-refractivity contribution is -0.143. The molecule has 2 aliphatic carbocycles. The minimum atomic E-state index is -0.914. The summed E-state index contributed by atoms with van der Waals surface area (Å²) in [6.07, 6.45) is 8.01. The number of methoxy groups -OCH3 is 2. The van der Waals surface area contributed by atoms with Crippen molar-refractivity contribution in [3.63, 3.8) is 0 Å². The third-order valence-electron chi connectivity index (χ3n) is 13.1. The Hall–Kier alpha value is -6.36.